The molecule has 1 amide bonds. The number of piperidine rings is 1. The van der Waals surface area contributed by atoms with Crippen molar-refractivity contribution in [1.29, 1.82) is 0 Å². The molecule has 0 aromatic rings. The molecule has 0 radical (unpaired) electrons. The molecule has 1 saturated carbocycles. The lowest BCUT2D eigenvalue weighted by molar-refractivity contribution is -0.123. The van der Waals surface area contributed by atoms with Gasteiger partial charge in [-0.2, -0.15) is 0 Å². The number of carbonyl (C=O) groups is 1. The SMILES string of the molecule is CC1CCC(NC(=O)CN2CCC(C(C)O)CC2)CC1. The molecule has 2 rings (SSSR count). The maximum atomic E-state index is 12.1. The molecule has 0 bridgehead atoms. The van der Waals surface area contributed by atoms with Gasteiger partial charge in [0.2, 0.25) is 5.91 Å². The second-order valence-corrected chi connectivity index (χ2v) is 6.88. The lowest BCUT2D eigenvalue weighted by Gasteiger charge is -2.33. The molecular formula is C16H30N2O2. The van der Waals surface area contributed by atoms with Crippen LogP contribution in [0.2, 0.25) is 0 Å². The van der Waals surface area contributed by atoms with Gasteiger partial charge in [0, 0.05) is 6.04 Å². The van der Waals surface area contributed by atoms with E-state index in [4.69, 9.17) is 0 Å². The summed E-state index contributed by atoms with van der Waals surface area (Å²) in [4.78, 5) is 14.3. The van der Waals surface area contributed by atoms with Crippen LogP contribution in [0.25, 0.3) is 0 Å². The summed E-state index contributed by atoms with van der Waals surface area (Å²) < 4.78 is 0. The third-order valence-corrected chi connectivity index (χ3v) is 5.06. The monoisotopic (exact) mass is 282 g/mol. The molecule has 1 heterocycles. The number of rotatable bonds is 4. The zero-order valence-electron chi connectivity index (χ0n) is 13.0. The summed E-state index contributed by atoms with van der Waals surface area (Å²) in [6.45, 7) is 6.56. The first-order chi connectivity index (χ1) is 9.54. The Morgan fingerprint density at radius 3 is 2.35 bits per heavy atom. The van der Waals surface area contributed by atoms with Crippen molar-refractivity contribution in [1.82, 2.24) is 10.2 Å². The van der Waals surface area contributed by atoms with Crippen LogP contribution < -0.4 is 5.32 Å². The molecule has 2 aliphatic rings. The van der Waals surface area contributed by atoms with Crippen molar-refractivity contribution in [3.8, 4) is 0 Å². The van der Waals surface area contributed by atoms with Crippen LogP contribution in [0.15, 0.2) is 0 Å². The van der Waals surface area contributed by atoms with Crippen LogP contribution in [0.3, 0.4) is 0 Å². The smallest absolute Gasteiger partial charge is 0.234 e. The van der Waals surface area contributed by atoms with E-state index >= 15 is 0 Å². The topological polar surface area (TPSA) is 52.6 Å². The zero-order chi connectivity index (χ0) is 14.5. The largest absolute Gasteiger partial charge is 0.393 e. The van der Waals surface area contributed by atoms with Gasteiger partial charge in [0.25, 0.3) is 0 Å². The molecule has 1 saturated heterocycles. The number of amides is 1. The highest BCUT2D eigenvalue weighted by Crippen LogP contribution is 2.23. The van der Waals surface area contributed by atoms with Gasteiger partial charge in [-0.3, -0.25) is 9.69 Å². The standard InChI is InChI=1S/C16H30N2O2/c1-12-3-5-15(6-4-12)17-16(20)11-18-9-7-14(8-10-18)13(2)19/h12-15,19H,3-11H2,1-2H3,(H,17,20). The van der Waals surface area contributed by atoms with Crippen molar-refractivity contribution in [2.45, 2.75) is 64.5 Å². The summed E-state index contributed by atoms with van der Waals surface area (Å²) >= 11 is 0. The quantitative estimate of drug-likeness (QED) is 0.826. The molecule has 116 valence electrons. The van der Waals surface area contributed by atoms with Crippen LogP contribution in [0.4, 0.5) is 0 Å². The Bertz CT molecular complexity index is 304. The molecule has 20 heavy (non-hydrogen) atoms. The van der Waals surface area contributed by atoms with Crippen LogP contribution in [0.1, 0.15) is 52.4 Å². The average molecular weight is 282 g/mol. The molecular weight excluding hydrogens is 252 g/mol. The van der Waals surface area contributed by atoms with E-state index in [1.165, 1.54) is 12.8 Å². The molecule has 1 aliphatic heterocycles. The van der Waals surface area contributed by atoms with Crippen LogP contribution in [-0.4, -0.2) is 47.7 Å². The molecule has 0 aromatic heterocycles. The predicted molar refractivity (Wildman–Crippen MR) is 80.4 cm³/mol. The second kappa shape index (κ2) is 7.41. The van der Waals surface area contributed by atoms with Gasteiger partial charge in [-0.25, -0.2) is 0 Å². The number of likely N-dealkylation sites (tertiary alicyclic amines) is 1. The number of hydrogen-bond acceptors (Lipinski definition) is 3. The summed E-state index contributed by atoms with van der Waals surface area (Å²) in [6.07, 6.45) is 6.55. The van der Waals surface area contributed by atoms with Crippen molar-refractivity contribution in [2.75, 3.05) is 19.6 Å². The number of carbonyl (C=O) groups excluding carboxylic acids is 1. The van der Waals surface area contributed by atoms with Crippen molar-refractivity contribution in [3.05, 3.63) is 0 Å². The van der Waals surface area contributed by atoms with Crippen molar-refractivity contribution >= 4 is 5.91 Å². The lowest BCUT2D eigenvalue weighted by Crippen LogP contribution is -2.46. The summed E-state index contributed by atoms with van der Waals surface area (Å²) in [6, 6.07) is 0.397. The van der Waals surface area contributed by atoms with E-state index < -0.39 is 0 Å². The van der Waals surface area contributed by atoms with Gasteiger partial charge in [-0.1, -0.05) is 6.92 Å². The maximum absolute atomic E-state index is 12.1. The Kier molecular flexibility index (Phi) is 5.85. The van der Waals surface area contributed by atoms with E-state index in [0.717, 1.165) is 44.7 Å². The highest BCUT2D eigenvalue weighted by atomic mass is 16.3. The fourth-order valence-corrected chi connectivity index (χ4v) is 3.47. The van der Waals surface area contributed by atoms with Gasteiger partial charge in [-0.05, 0) is 70.4 Å². The molecule has 4 nitrogen and oxygen atoms in total. The van der Waals surface area contributed by atoms with Crippen LogP contribution in [0, 0.1) is 11.8 Å². The third-order valence-electron chi connectivity index (χ3n) is 5.06. The molecule has 0 aromatic carbocycles. The van der Waals surface area contributed by atoms with Gasteiger partial charge in [0.1, 0.15) is 0 Å². The average Bonchev–Trinajstić information content (AvgIpc) is 2.42. The van der Waals surface area contributed by atoms with E-state index in [1.54, 1.807) is 0 Å². The molecule has 1 atom stereocenters. The third kappa shape index (κ3) is 4.74. The summed E-state index contributed by atoms with van der Waals surface area (Å²) in [5.41, 5.74) is 0. The minimum absolute atomic E-state index is 0.181. The second-order valence-electron chi connectivity index (χ2n) is 6.88. The van der Waals surface area contributed by atoms with E-state index in [9.17, 15) is 9.90 Å². The van der Waals surface area contributed by atoms with Crippen molar-refractivity contribution < 1.29 is 9.90 Å². The first kappa shape index (κ1) is 15.8. The normalized spacial score (nSPS) is 30.9. The van der Waals surface area contributed by atoms with Crippen LogP contribution in [0.5, 0.6) is 0 Å². The molecule has 0 spiro atoms. The summed E-state index contributed by atoms with van der Waals surface area (Å²) in [5.74, 6) is 1.41. The minimum atomic E-state index is -0.213. The number of aliphatic hydroxyl groups is 1. The predicted octanol–water partition coefficient (Wildman–Crippen LogP) is 1.77. The fourth-order valence-electron chi connectivity index (χ4n) is 3.47. The molecule has 2 fully saturated rings. The lowest BCUT2D eigenvalue weighted by atomic mass is 9.87. The van der Waals surface area contributed by atoms with Gasteiger partial charge in [0.15, 0.2) is 0 Å². The number of nitrogens with zero attached hydrogens (tertiary/aromatic N) is 1. The number of nitrogens with one attached hydrogen (secondary N) is 1. The molecule has 2 N–H and O–H groups in total. The summed E-state index contributed by atoms with van der Waals surface area (Å²) in [7, 11) is 0. The first-order valence-corrected chi connectivity index (χ1v) is 8.24. The van der Waals surface area contributed by atoms with E-state index in [1.807, 2.05) is 6.92 Å². The highest BCUT2D eigenvalue weighted by Gasteiger charge is 2.25. The van der Waals surface area contributed by atoms with Gasteiger partial charge in [-0.15, -0.1) is 0 Å². The maximum Gasteiger partial charge on any atom is 0.234 e. The van der Waals surface area contributed by atoms with Gasteiger partial charge < -0.3 is 10.4 Å². The zero-order valence-corrected chi connectivity index (χ0v) is 13.0. The van der Waals surface area contributed by atoms with E-state index in [0.29, 0.717) is 18.5 Å². The molecule has 1 unspecified atom stereocenters. The van der Waals surface area contributed by atoms with Gasteiger partial charge in [0.05, 0.1) is 12.6 Å². The number of aliphatic hydroxyl groups excluding tert-OH is 1. The van der Waals surface area contributed by atoms with Crippen LogP contribution >= 0.6 is 0 Å². The molecule has 1 aliphatic carbocycles. The first-order valence-electron chi connectivity index (χ1n) is 8.24. The van der Waals surface area contributed by atoms with E-state index in [2.05, 4.69) is 17.1 Å². The Labute approximate surface area is 122 Å². The van der Waals surface area contributed by atoms with E-state index in [-0.39, 0.29) is 12.0 Å². The van der Waals surface area contributed by atoms with Crippen molar-refractivity contribution in [2.24, 2.45) is 11.8 Å². The Balaban J connectivity index is 1.65. The Morgan fingerprint density at radius 2 is 1.80 bits per heavy atom. The highest BCUT2D eigenvalue weighted by molar-refractivity contribution is 5.78. The van der Waals surface area contributed by atoms with Crippen molar-refractivity contribution in [3.63, 3.8) is 0 Å². The van der Waals surface area contributed by atoms with Gasteiger partial charge >= 0.3 is 0 Å². The number of hydrogen-bond donors (Lipinski definition) is 2. The Morgan fingerprint density at radius 1 is 1.20 bits per heavy atom. The summed E-state index contributed by atoms with van der Waals surface area (Å²) in [5, 5.41) is 12.8. The molecule has 4 heteroatoms. The minimum Gasteiger partial charge on any atom is -0.393 e. The Hall–Kier alpha value is -0.610. The fraction of sp³-hybridized carbons (Fsp3) is 0.938. The van der Waals surface area contributed by atoms with Crippen LogP contribution in [-0.2, 0) is 4.79 Å².